The van der Waals surface area contributed by atoms with Gasteiger partial charge in [-0.05, 0) is 68.7 Å². The maximum Gasteiger partial charge on any atom is 0.264 e. The van der Waals surface area contributed by atoms with E-state index < -0.39 is 34.3 Å². The SMILES string of the molecule is COc1ccc(OC)c(N(CC(=O)N(Cc2ccc(F)cc2)[C@@H](C)C(=O)NC2CCCC2)S(=O)(=O)c2ccc(C)cc2)c1. The van der Waals surface area contributed by atoms with Crippen LogP contribution in [0.5, 0.6) is 11.5 Å². The highest BCUT2D eigenvalue weighted by Gasteiger charge is 2.34. The van der Waals surface area contributed by atoms with Crippen LogP contribution in [0.2, 0.25) is 0 Å². The fraction of sp³-hybridized carbons (Fsp3) is 0.375. The van der Waals surface area contributed by atoms with Crippen LogP contribution in [0, 0.1) is 12.7 Å². The van der Waals surface area contributed by atoms with Crippen LogP contribution < -0.4 is 19.1 Å². The maximum atomic E-state index is 14.2. The molecule has 4 rings (SSSR count). The minimum Gasteiger partial charge on any atom is -0.497 e. The third-order valence-electron chi connectivity index (χ3n) is 7.68. The van der Waals surface area contributed by atoms with Gasteiger partial charge in [-0.25, -0.2) is 12.8 Å². The predicted molar refractivity (Wildman–Crippen MR) is 162 cm³/mol. The number of aryl methyl sites for hydroxylation is 1. The second kappa shape index (κ2) is 13.9. The van der Waals surface area contributed by atoms with E-state index >= 15 is 0 Å². The summed E-state index contributed by atoms with van der Waals surface area (Å²) in [6.45, 7) is 2.78. The lowest BCUT2D eigenvalue weighted by molar-refractivity contribution is -0.139. The van der Waals surface area contributed by atoms with Crippen LogP contribution in [0.25, 0.3) is 0 Å². The third kappa shape index (κ3) is 7.64. The second-order valence-electron chi connectivity index (χ2n) is 10.7. The van der Waals surface area contributed by atoms with Gasteiger partial charge in [0, 0.05) is 18.7 Å². The van der Waals surface area contributed by atoms with Crippen molar-refractivity contribution in [3.63, 3.8) is 0 Å². The van der Waals surface area contributed by atoms with Crippen LogP contribution in [0.1, 0.15) is 43.7 Å². The summed E-state index contributed by atoms with van der Waals surface area (Å²) in [5.41, 5.74) is 1.55. The predicted octanol–water partition coefficient (Wildman–Crippen LogP) is 4.82. The molecule has 0 spiro atoms. The lowest BCUT2D eigenvalue weighted by Crippen LogP contribution is -2.52. The van der Waals surface area contributed by atoms with Gasteiger partial charge in [0.15, 0.2) is 0 Å². The summed E-state index contributed by atoms with van der Waals surface area (Å²) in [5.74, 6) is -0.830. The summed E-state index contributed by atoms with van der Waals surface area (Å²) in [5, 5.41) is 3.03. The zero-order valence-corrected chi connectivity index (χ0v) is 25.7. The van der Waals surface area contributed by atoms with E-state index in [0.29, 0.717) is 11.3 Å². The molecule has 0 aromatic heterocycles. The molecular formula is C32H38FN3O6S. The van der Waals surface area contributed by atoms with Gasteiger partial charge in [-0.15, -0.1) is 0 Å². The molecule has 1 N–H and O–H groups in total. The van der Waals surface area contributed by atoms with E-state index in [2.05, 4.69) is 5.32 Å². The van der Waals surface area contributed by atoms with Gasteiger partial charge in [-0.2, -0.15) is 0 Å². The van der Waals surface area contributed by atoms with E-state index in [1.165, 1.54) is 61.6 Å². The number of sulfonamides is 1. The number of nitrogens with zero attached hydrogens (tertiary/aromatic N) is 2. The van der Waals surface area contributed by atoms with Crippen molar-refractivity contribution in [2.24, 2.45) is 0 Å². The molecule has 0 radical (unpaired) electrons. The molecule has 1 fully saturated rings. The molecular weight excluding hydrogens is 573 g/mol. The molecule has 9 nitrogen and oxygen atoms in total. The lowest BCUT2D eigenvalue weighted by Gasteiger charge is -2.33. The topological polar surface area (TPSA) is 105 Å². The first-order valence-corrected chi connectivity index (χ1v) is 15.6. The molecule has 3 aromatic rings. The number of anilines is 1. The lowest BCUT2D eigenvalue weighted by atomic mass is 10.1. The molecule has 0 bridgehead atoms. The molecule has 230 valence electrons. The Morgan fingerprint density at radius 2 is 1.63 bits per heavy atom. The van der Waals surface area contributed by atoms with Gasteiger partial charge in [0.05, 0.1) is 24.8 Å². The third-order valence-corrected chi connectivity index (χ3v) is 9.45. The fourth-order valence-electron chi connectivity index (χ4n) is 5.10. The first-order chi connectivity index (χ1) is 20.5. The summed E-state index contributed by atoms with van der Waals surface area (Å²) in [6.07, 6.45) is 3.77. The average molecular weight is 612 g/mol. The van der Waals surface area contributed by atoms with Crippen LogP contribution in [0.4, 0.5) is 10.1 Å². The number of rotatable bonds is 12. The first-order valence-electron chi connectivity index (χ1n) is 14.2. The average Bonchev–Trinajstić information content (AvgIpc) is 3.52. The summed E-state index contributed by atoms with van der Waals surface area (Å²) in [7, 11) is -1.45. The number of amides is 2. The van der Waals surface area contributed by atoms with Gasteiger partial charge >= 0.3 is 0 Å². The molecule has 0 unspecified atom stereocenters. The molecule has 0 saturated heterocycles. The van der Waals surface area contributed by atoms with E-state index in [4.69, 9.17) is 9.47 Å². The minimum absolute atomic E-state index is 0.0205. The second-order valence-corrected chi connectivity index (χ2v) is 12.5. The number of hydrogen-bond acceptors (Lipinski definition) is 6. The number of carbonyl (C=O) groups excluding carboxylic acids is 2. The number of halogens is 1. The van der Waals surface area contributed by atoms with Crippen LogP contribution >= 0.6 is 0 Å². The van der Waals surface area contributed by atoms with Gasteiger partial charge in [0.2, 0.25) is 11.8 Å². The molecule has 3 aromatic carbocycles. The number of benzene rings is 3. The highest BCUT2D eigenvalue weighted by molar-refractivity contribution is 7.92. The molecule has 11 heteroatoms. The standard InChI is InChI=1S/C32H38FN3O6S/c1-22-9-16-28(17-10-22)43(39,40)36(29-19-27(41-3)15-18-30(29)42-4)21-31(37)35(20-24-11-13-25(33)14-12-24)23(2)32(38)34-26-7-5-6-8-26/h9-19,23,26H,5-8,20-21H2,1-4H3,(H,34,38)/t23-/m0/s1. The van der Waals surface area contributed by atoms with Crippen LogP contribution in [0.3, 0.4) is 0 Å². The van der Waals surface area contributed by atoms with Crippen molar-refractivity contribution in [1.29, 1.82) is 0 Å². The van der Waals surface area contributed by atoms with Gasteiger partial charge in [0.1, 0.15) is 29.9 Å². The number of carbonyl (C=O) groups is 2. The van der Waals surface area contributed by atoms with Crippen molar-refractivity contribution in [2.75, 3.05) is 25.1 Å². The van der Waals surface area contributed by atoms with Crippen molar-refractivity contribution >= 4 is 27.5 Å². The van der Waals surface area contributed by atoms with E-state index in [1.54, 1.807) is 31.2 Å². The molecule has 1 saturated carbocycles. The van der Waals surface area contributed by atoms with Gasteiger partial charge in [0.25, 0.3) is 10.0 Å². The molecule has 0 heterocycles. The van der Waals surface area contributed by atoms with Gasteiger partial charge in [-0.3, -0.25) is 13.9 Å². The Bertz CT molecular complexity index is 1520. The molecule has 1 aliphatic carbocycles. The highest BCUT2D eigenvalue weighted by Crippen LogP contribution is 2.36. The van der Waals surface area contributed by atoms with Crippen molar-refractivity contribution in [3.05, 3.63) is 83.7 Å². The summed E-state index contributed by atoms with van der Waals surface area (Å²) < 4.78 is 53.8. The van der Waals surface area contributed by atoms with Crippen molar-refractivity contribution in [1.82, 2.24) is 10.2 Å². The zero-order chi connectivity index (χ0) is 31.1. The Kier molecular flexibility index (Phi) is 10.3. The van der Waals surface area contributed by atoms with E-state index in [0.717, 1.165) is 35.6 Å². The maximum absolute atomic E-state index is 14.2. The smallest absolute Gasteiger partial charge is 0.264 e. The number of hydrogen-bond donors (Lipinski definition) is 1. The summed E-state index contributed by atoms with van der Waals surface area (Å²) in [6, 6.07) is 15.7. The van der Waals surface area contributed by atoms with Crippen LogP contribution in [0.15, 0.2) is 71.6 Å². The zero-order valence-electron chi connectivity index (χ0n) is 24.9. The normalized spacial score (nSPS) is 14.2. The van der Waals surface area contributed by atoms with Gasteiger partial charge in [-0.1, -0.05) is 42.7 Å². The summed E-state index contributed by atoms with van der Waals surface area (Å²) in [4.78, 5) is 28.8. The molecule has 0 aliphatic heterocycles. The molecule has 1 aliphatic rings. The molecule has 2 amide bonds. The minimum atomic E-state index is -4.30. The largest absolute Gasteiger partial charge is 0.497 e. The Labute approximate surface area is 252 Å². The summed E-state index contributed by atoms with van der Waals surface area (Å²) >= 11 is 0. The van der Waals surface area contributed by atoms with Crippen molar-refractivity contribution < 1.29 is 31.9 Å². The van der Waals surface area contributed by atoms with Crippen LogP contribution in [-0.2, 0) is 26.2 Å². The fourth-order valence-corrected chi connectivity index (χ4v) is 6.52. The monoisotopic (exact) mass is 611 g/mol. The number of ether oxygens (including phenoxy) is 2. The first kappa shape index (κ1) is 31.8. The van der Waals surface area contributed by atoms with E-state index in [-0.39, 0.29) is 34.8 Å². The number of nitrogens with one attached hydrogen (secondary N) is 1. The van der Waals surface area contributed by atoms with E-state index in [9.17, 15) is 22.4 Å². The number of methoxy groups -OCH3 is 2. The molecule has 43 heavy (non-hydrogen) atoms. The Hall–Kier alpha value is -4.12. The molecule has 1 atom stereocenters. The van der Waals surface area contributed by atoms with Gasteiger partial charge < -0.3 is 19.7 Å². The van der Waals surface area contributed by atoms with Crippen molar-refractivity contribution in [2.45, 2.75) is 63.1 Å². The van der Waals surface area contributed by atoms with Crippen molar-refractivity contribution in [3.8, 4) is 11.5 Å². The Morgan fingerprint density at radius 3 is 2.23 bits per heavy atom. The Morgan fingerprint density at radius 1 is 0.977 bits per heavy atom. The Balaban J connectivity index is 1.75. The highest BCUT2D eigenvalue weighted by atomic mass is 32.2. The quantitative estimate of drug-likeness (QED) is 0.315. The van der Waals surface area contributed by atoms with E-state index in [1.807, 2.05) is 6.92 Å². The van der Waals surface area contributed by atoms with Crippen LogP contribution in [-0.4, -0.2) is 58.0 Å².